The van der Waals surface area contributed by atoms with Crippen LogP contribution in [0.15, 0.2) is 59.5 Å². The number of aliphatic carboxylic acids is 1. The smallest absolute Gasteiger partial charge is 0.490 e. The summed E-state index contributed by atoms with van der Waals surface area (Å²) in [6, 6.07) is 15.0. The van der Waals surface area contributed by atoms with Crippen LogP contribution in [0.2, 0.25) is 0 Å². The quantitative estimate of drug-likeness (QED) is 0.385. The minimum absolute atomic E-state index is 0.0742. The Morgan fingerprint density at radius 3 is 2.14 bits per heavy atom. The van der Waals surface area contributed by atoms with Gasteiger partial charge in [0.2, 0.25) is 0 Å². The molecule has 4 N–H and O–H groups in total. The van der Waals surface area contributed by atoms with E-state index in [-0.39, 0.29) is 17.5 Å². The van der Waals surface area contributed by atoms with E-state index in [4.69, 9.17) is 25.2 Å². The fraction of sp³-hybridized carbons (Fsp3) is 0.458. The third-order valence-corrected chi connectivity index (χ3v) is 7.22. The van der Waals surface area contributed by atoms with E-state index in [0.717, 1.165) is 35.7 Å². The highest BCUT2D eigenvalue weighted by atomic mass is 32.2. The second-order valence-corrected chi connectivity index (χ2v) is 10.2. The van der Waals surface area contributed by atoms with E-state index in [0.29, 0.717) is 12.2 Å². The Balaban J connectivity index is 0.000000604. The zero-order chi connectivity index (χ0) is 27.6. The molecule has 0 heterocycles. The summed E-state index contributed by atoms with van der Waals surface area (Å²) in [6.07, 6.45) is -2.34. The number of methoxy groups -OCH3 is 1. The monoisotopic (exact) mass is 548 g/mol. The number of aliphatic hydroxyl groups is 1. The zero-order valence-electron chi connectivity index (χ0n) is 20.2. The summed E-state index contributed by atoms with van der Waals surface area (Å²) in [6.45, 7) is -0.237. The topological polar surface area (TPSA) is 139 Å². The molecule has 3 rings (SSSR count). The van der Waals surface area contributed by atoms with E-state index in [1.54, 1.807) is 12.1 Å². The Kier molecular flexibility index (Phi) is 11.3. The van der Waals surface area contributed by atoms with Gasteiger partial charge in [0.1, 0.15) is 5.75 Å². The van der Waals surface area contributed by atoms with Crippen LogP contribution in [0.5, 0.6) is 5.75 Å². The standard InChI is InChI=1S/C22H30N2O5S.C2HF3O2/c1-28-18-11-13-20(14-12-18)30(26,27)24(29-19-9-5-6-10-19)16-22(25)21(23)15-17-7-3-2-4-8-17;3-2(4,5)1(6)7/h2-4,7-8,11-14,19,21-22,25H,5-6,9-10,15-16,23H2,1H3;(H,6,7)/t21-,22+;/m0./s1. The van der Waals surface area contributed by atoms with Crippen LogP contribution in [0.4, 0.5) is 13.2 Å². The summed E-state index contributed by atoms with van der Waals surface area (Å²) in [5.41, 5.74) is 7.16. The number of hydrogen-bond acceptors (Lipinski definition) is 7. The highest BCUT2D eigenvalue weighted by Crippen LogP contribution is 2.26. The molecule has 0 aliphatic heterocycles. The number of aliphatic hydroxyl groups excluding tert-OH is 1. The predicted octanol–water partition coefficient (Wildman–Crippen LogP) is 3.12. The van der Waals surface area contributed by atoms with Crippen molar-refractivity contribution in [3.8, 4) is 5.75 Å². The first-order valence-corrected chi connectivity index (χ1v) is 12.9. The molecular weight excluding hydrogens is 517 g/mol. The Morgan fingerprint density at radius 1 is 1.11 bits per heavy atom. The molecule has 206 valence electrons. The first kappa shape index (κ1) is 30.5. The van der Waals surface area contributed by atoms with Crippen LogP contribution in [0.3, 0.4) is 0 Å². The SMILES string of the molecule is COc1ccc(S(=O)(=O)N(C[C@@H](O)[C@@H](N)Cc2ccccc2)OC2CCCC2)cc1.O=C(O)C(F)(F)F. The van der Waals surface area contributed by atoms with Gasteiger partial charge in [-0.2, -0.15) is 13.2 Å². The maximum Gasteiger partial charge on any atom is 0.490 e. The van der Waals surface area contributed by atoms with Gasteiger partial charge in [-0.05, 0) is 49.1 Å². The second kappa shape index (κ2) is 13.7. The molecule has 2 aromatic carbocycles. The summed E-state index contributed by atoms with van der Waals surface area (Å²) in [4.78, 5) is 14.8. The molecule has 1 aliphatic carbocycles. The Labute approximate surface area is 213 Å². The summed E-state index contributed by atoms with van der Waals surface area (Å²) < 4.78 is 64.2. The number of hydrogen-bond donors (Lipinski definition) is 3. The van der Waals surface area contributed by atoms with Crippen molar-refractivity contribution in [3.05, 3.63) is 60.2 Å². The minimum Gasteiger partial charge on any atom is -0.497 e. The fourth-order valence-corrected chi connectivity index (χ4v) is 4.83. The van der Waals surface area contributed by atoms with E-state index >= 15 is 0 Å². The van der Waals surface area contributed by atoms with Gasteiger partial charge in [0.05, 0.1) is 30.8 Å². The predicted molar refractivity (Wildman–Crippen MR) is 128 cm³/mol. The molecule has 0 bridgehead atoms. The molecule has 0 saturated heterocycles. The molecule has 1 saturated carbocycles. The molecule has 0 unspecified atom stereocenters. The third-order valence-electron chi connectivity index (χ3n) is 5.58. The van der Waals surface area contributed by atoms with Gasteiger partial charge in [0.15, 0.2) is 0 Å². The molecule has 0 amide bonds. The number of benzene rings is 2. The third kappa shape index (κ3) is 9.59. The number of alkyl halides is 3. The summed E-state index contributed by atoms with van der Waals surface area (Å²) in [5, 5.41) is 17.8. The molecule has 9 nitrogen and oxygen atoms in total. The van der Waals surface area contributed by atoms with Crippen molar-refractivity contribution in [1.82, 2.24) is 4.47 Å². The maximum absolute atomic E-state index is 13.2. The van der Waals surface area contributed by atoms with E-state index < -0.39 is 34.3 Å². The van der Waals surface area contributed by atoms with Crippen LogP contribution in [0.1, 0.15) is 31.2 Å². The zero-order valence-corrected chi connectivity index (χ0v) is 21.0. The van der Waals surface area contributed by atoms with Crippen LogP contribution in [-0.4, -0.2) is 67.1 Å². The molecule has 37 heavy (non-hydrogen) atoms. The van der Waals surface area contributed by atoms with Gasteiger partial charge in [0.25, 0.3) is 10.0 Å². The van der Waals surface area contributed by atoms with Crippen molar-refractivity contribution in [2.24, 2.45) is 5.73 Å². The molecule has 0 radical (unpaired) electrons. The highest BCUT2D eigenvalue weighted by molar-refractivity contribution is 7.89. The lowest BCUT2D eigenvalue weighted by atomic mass is 10.0. The number of carboxylic acids is 1. The maximum atomic E-state index is 13.2. The lowest BCUT2D eigenvalue weighted by molar-refractivity contribution is -0.192. The van der Waals surface area contributed by atoms with Gasteiger partial charge in [-0.1, -0.05) is 47.6 Å². The molecule has 13 heteroatoms. The van der Waals surface area contributed by atoms with Crippen molar-refractivity contribution < 1.29 is 46.2 Å². The van der Waals surface area contributed by atoms with Gasteiger partial charge in [0, 0.05) is 6.04 Å². The van der Waals surface area contributed by atoms with Crippen LogP contribution in [0.25, 0.3) is 0 Å². The number of halogens is 3. The largest absolute Gasteiger partial charge is 0.497 e. The van der Waals surface area contributed by atoms with E-state index in [2.05, 4.69) is 0 Å². The highest BCUT2D eigenvalue weighted by Gasteiger charge is 2.38. The minimum atomic E-state index is -5.08. The molecule has 2 atom stereocenters. The van der Waals surface area contributed by atoms with E-state index in [1.807, 2.05) is 30.3 Å². The number of hydroxylamine groups is 1. The van der Waals surface area contributed by atoms with Crippen molar-refractivity contribution >= 4 is 16.0 Å². The Bertz CT molecular complexity index is 1080. The van der Waals surface area contributed by atoms with Crippen LogP contribution in [0, 0.1) is 0 Å². The van der Waals surface area contributed by atoms with Crippen molar-refractivity contribution in [1.29, 1.82) is 0 Å². The molecule has 0 aromatic heterocycles. The number of sulfonamides is 1. The number of ether oxygens (including phenoxy) is 1. The summed E-state index contributed by atoms with van der Waals surface area (Å²) in [7, 11) is -2.46. The Morgan fingerprint density at radius 2 is 1.65 bits per heavy atom. The summed E-state index contributed by atoms with van der Waals surface area (Å²) in [5.74, 6) is -2.20. The van der Waals surface area contributed by atoms with Gasteiger partial charge in [-0.15, -0.1) is 0 Å². The lowest BCUT2D eigenvalue weighted by Gasteiger charge is -2.29. The molecular formula is C24H31F3N2O7S. The number of rotatable bonds is 10. The molecule has 1 aliphatic rings. The normalized spacial score (nSPS) is 16.1. The second-order valence-electron chi connectivity index (χ2n) is 8.40. The van der Waals surface area contributed by atoms with Gasteiger partial charge in [-0.25, -0.2) is 13.2 Å². The van der Waals surface area contributed by atoms with E-state index in [9.17, 15) is 26.7 Å². The number of nitrogens with two attached hydrogens (primary N) is 1. The van der Waals surface area contributed by atoms with Gasteiger partial charge >= 0.3 is 12.1 Å². The molecule has 0 spiro atoms. The van der Waals surface area contributed by atoms with Crippen molar-refractivity contribution in [2.75, 3.05) is 13.7 Å². The van der Waals surface area contributed by atoms with Gasteiger partial charge in [-0.3, -0.25) is 4.84 Å². The number of carbonyl (C=O) groups is 1. The van der Waals surface area contributed by atoms with Crippen molar-refractivity contribution in [3.63, 3.8) is 0 Å². The van der Waals surface area contributed by atoms with Crippen LogP contribution < -0.4 is 10.5 Å². The fourth-order valence-electron chi connectivity index (χ4n) is 3.53. The average molecular weight is 549 g/mol. The molecule has 1 fully saturated rings. The first-order valence-electron chi connectivity index (χ1n) is 11.5. The lowest BCUT2D eigenvalue weighted by Crippen LogP contribution is -2.47. The summed E-state index contributed by atoms with van der Waals surface area (Å²) >= 11 is 0. The Hall–Kier alpha value is -2.71. The van der Waals surface area contributed by atoms with Crippen LogP contribution in [-0.2, 0) is 26.1 Å². The van der Waals surface area contributed by atoms with Crippen LogP contribution >= 0.6 is 0 Å². The average Bonchev–Trinajstić information content (AvgIpc) is 3.37. The first-order chi connectivity index (χ1) is 17.3. The van der Waals surface area contributed by atoms with E-state index in [1.165, 1.54) is 19.2 Å². The van der Waals surface area contributed by atoms with Crippen molar-refractivity contribution in [2.45, 2.75) is 61.4 Å². The molecule has 2 aromatic rings. The number of carboxylic acid groups (broad SMARTS) is 1. The number of nitrogens with zero attached hydrogens (tertiary/aromatic N) is 1. The van der Waals surface area contributed by atoms with Gasteiger partial charge < -0.3 is 20.7 Å².